The summed E-state index contributed by atoms with van der Waals surface area (Å²) in [5.41, 5.74) is 1.89. The summed E-state index contributed by atoms with van der Waals surface area (Å²) < 4.78 is 7.72. The summed E-state index contributed by atoms with van der Waals surface area (Å²) in [4.78, 5) is 34.9. The quantitative estimate of drug-likeness (QED) is 0.309. The fourth-order valence-electron chi connectivity index (χ4n) is 3.24. The number of hydrogen-bond acceptors (Lipinski definition) is 6. The molecule has 0 saturated carbocycles. The molecule has 0 unspecified atom stereocenters. The van der Waals surface area contributed by atoms with E-state index in [4.69, 9.17) is 4.74 Å². The second kappa shape index (κ2) is 12.5. The number of amides is 2. The van der Waals surface area contributed by atoms with Crippen LogP contribution in [0.2, 0.25) is 0 Å². The van der Waals surface area contributed by atoms with Gasteiger partial charge in [0.25, 0.3) is 11.1 Å². The number of fused-ring (bicyclic) bond motifs is 1. The van der Waals surface area contributed by atoms with Crippen molar-refractivity contribution in [2.24, 2.45) is 0 Å². The van der Waals surface area contributed by atoms with Gasteiger partial charge in [-0.15, -0.1) is 24.8 Å². The molecule has 0 aliphatic carbocycles. The third-order valence-electron chi connectivity index (χ3n) is 4.78. The molecule has 32 heavy (non-hydrogen) atoms. The number of ether oxygens (including phenoxy) is 1. The van der Waals surface area contributed by atoms with Gasteiger partial charge in [0.15, 0.2) is 11.4 Å². The first kappa shape index (κ1) is 25.7. The van der Waals surface area contributed by atoms with Crippen molar-refractivity contribution in [3.05, 3.63) is 71.8 Å². The number of rotatable bonds is 9. The van der Waals surface area contributed by atoms with Crippen LogP contribution in [-0.4, -0.2) is 43.6 Å². The fraction of sp³-hybridized carbons (Fsp3) is 0.273. The van der Waals surface area contributed by atoms with Gasteiger partial charge < -0.3 is 9.14 Å². The maximum Gasteiger partial charge on any atom is 0.293 e. The maximum atomic E-state index is 12.5. The van der Waals surface area contributed by atoms with Crippen molar-refractivity contribution in [2.75, 3.05) is 13.2 Å². The fourth-order valence-corrected chi connectivity index (χ4v) is 4.11. The number of aryl methyl sites for hydroxylation is 1. The van der Waals surface area contributed by atoms with Crippen LogP contribution < -0.4 is 4.74 Å². The van der Waals surface area contributed by atoms with Gasteiger partial charge in [0.1, 0.15) is 0 Å². The molecule has 2 amide bonds. The Labute approximate surface area is 203 Å². The lowest BCUT2D eigenvalue weighted by atomic mass is 10.1. The van der Waals surface area contributed by atoms with E-state index in [0.717, 1.165) is 41.6 Å². The predicted octanol–water partition coefficient (Wildman–Crippen LogP) is 4.94. The van der Waals surface area contributed by atoms with Crippen LogP contribution in [0.5, 0.6) is 5.75 Å². The molecule has 0 spiro atoms. The Morgan fingerprint density at radius 3 is 2.75 bits per heavy atom. The Morgan fingerprint density at radius 2 is 1.94 bits per heavy atom. The Kier molecular flexibility index (Phi) is 10.0. The smallest absolute Gasteiger partial charge is 0.293 e. The molecule has 4 heterocycles. The number of imidazole rings is 1. The van der Waals surface area contributed by atoms with E-state index in [-0.39, 0.29) is 36.0 Å². The van der Waals surface area contributed by atoms with Crippen molar-refractivity contribution in [1.82, 2.24) is 19.3 Å². The second-order valence-electron chi connectivity index (χ2n) is 6.88. The van der Waals surface area contributed by atoms with Gasteiger partial charge in [-0.05, 0) is 61.2 Å². The third-order valence-corrected chi connectivity index (χ3v) is 5.73. The van der Waals surface area contributed by atoms with Gasteiger partial charge in [0, 0.05) is 37.5 Å². The molecule has 0 radical (unpaired) electrons. The van der Waals surface area contributed by atoms with E-state index in [0.29, 0.717) is 30.9 Å². The SMILES string of the molecule is Cl.Cl.O=C1SC(=CCCc2cccnc2)C(=O)N1CCCCOc1cccn2ccnc12. The largest absolute Gasteiger partial charge is 0.490 e. The number of thioether (sulfide) groups is 1. The van der Waals surface area contributed by atoms with E-state index in [9.17, 15) is 9.59 Å². The van der Waals surface area contributed by atoms with Crippen molar-refractivity contribution in [2.45, 2.75) is 25.7 Å². The molecule has 1 fully saturated rings. The van der Waals surface area contributed by atoms with Crippen molar-refractivity contribution >= 4 is 53.4 Å². The van der Waals surface area contributed by atoms with Crippen LogP contribution >= 0.6 is 36.6 Å². The molecule has 3 aromatic rings. The predicted molar refractivity (Wildman–Crippen MR) is 130 cm³/mol. The maximum absolute atomic E-state index is 12.5. The second-order valence-corrected chi connectivity index (χ2v) is 7.87. The van der Waals surface area contributed by atoms with Crippen molar-refractivity contribution in [3.63, 3.8) is 0 Å². The van der Waals surface area contributed by atoms with Crippen LogP contribution in [0.25, 0.3) is 5.65 Å². The van der Waals surface area contributed by atoms with E-state index in [2.05, 4.69) is 9.97 Å². The van der Waals surface area contributed by atoms with E-state index in [1.165, 1.54) is 4.90 Å². The molecule has 1 aliphatic heterocycles. The van der Waals surface area contributed by atoms with Gasteiger partial charge in [-0.25, -0.2) is 4.98 Å². The summed E-state index contributed by atoms with van der Waals surface area (Å²) in [5.74, 6) is 0.532. The number of pyridine rings is 2. The lowest BCUT2D eigenvalue weighted by Gasteiger charge is -2.12. The lowest BCUT2D eigenvalue weighted by molar-refractivity contribution is -0.122. The number of hydrogen-bond donors (Lipinski definition) is 0. The van der Waals surface area contributed by atoms with E-state index in [1.54, 1.807) is 12.4 Å². The number of halogens is 2. The number of carbonyl (C=O) groups excluding carboxylic acids is 2. The monoisotopic (exact) mass is 494 g/mol. The highest BCUT2D eigenvalue weighted by molar-refractivity contribution is 8.18. The topological polar surface area (TPSA) is 76.8 Å². The molecule has 3 aromatic heterocycles. The zero-order valence-electron chi connectivity index (χ0n) is 17.3. The average Bonchev–Trinajstić information content (AvgIpc) is 3.34. The number of imide groups is 1. The molecule has 0 atom stereocenters. The summed E-state index contributed by atoms with van der Waals surface area (Å²) in [6, 6.07) is 7.68. The molecule has 1 saturated heterocycles. The Morgan fingerprint density at radius 1 is 1.06 bits per heavy atom. The minimum atomic E-state index is -0.198. The van der Waals surface area contributed by atoms with E-state index >= 15 is 0 Å². The van der Waals surface area contributed by atoms with Crippen LogP contribution in [-0.2, 0) is 11.2 Å². The highest BCUT2D eigenvalue weighted by Gasteiger charge is 2.34. The van der Waals surface area contributed by atoms with Crippen molar-refractivity contribution in [1.29, 1.82) is 0 Å². The summed E-state index contributed by atoms with van der Waals surface area (Å²) in [6.45, 7) is 0.908. The van der Waals surface area contributed by atoms with Gasteiger partial charge in [0.05, 0.1) is 11.5 Å². The third kappa shape index (κ3) is 6.25. The van der Waals surface area contributed by atoms with Gasteiger partial charge in [-0.2, -0.15) is 0 Å². The van der Waals surface area contributed by atoms with E-state index in [1.807, 2.05) is 53.3 Å². The number of unbranched alkanes of at least 4 members (excludes halogenated alkanes) is 1. The molecule has 1 aliphatic rings. The van der Waals surface area contributed by atoms with Gasteiger partial charge in [-0.3, -0.25) is 19.5 Å². The van der Waals surface area contributed by atoms with E-state index < -0.39 is 0 Å². The van der Waals surface area contributed by atoms with Gasteiger partial charge >= 0.3 is 0 Å². The Bertz CT molecular complexity index is 1080. The van der Waals surface area contributed by atoms with Gasteiger partial charge in [0.2, 0.25) is 0 Å². The molecular formula is C22H24Cl2N4O3S. The number of nitrogens with zero attached hydrogens (tertiary/aromatic N) is 4. The van der Waals surface area contributed by atoms with Crippen LogP contribution in [0.1, 0.15) is 24.8 Å². The number of aromatic nitrogens is 3. The molecule has 7 nitrogen and oxygen atoms in total. The molecule has 0 bridgehead atoms. The first-order valence-electron chi connectivity index (χ1n) is 9.89. The summed E-state index contributed by atoms with van der Waals surface area (Å²) >= 11 is 1.02. The molecule has 0 N–H and O–H groups in total. The highest BCUT2D eigenvalue weighted by atomic mass is 35.5. The summed E-state index contributed by atoms with van der Waals surface area (Å²) in [5, 5.41) is -0.198. The van der Waals surface area contributed by atoms with Crippen molar-refractivity contribution < 1.29 is 14.3 Å². The van der Waals surface area contributed by atoms with Crippen molar-refractivity contribution in [3.8, 4) is 5.75 Å². The first-order valence-corrected chi connectivity index (χ1v) is 10.7. The van der Waals surface area contributed by atoms with Crippen LogP contribution in [0.4, 0.5) is 4.79 Å². The first-order chi connectivity index (χ1) is 14.7. The molecular weight excluding hydrogens is 471 g/mol. The Balaban J connectivity index is 0.00000181. The summed E-state index contributed by atoms with van der Waals surface area (Å²) in [7, 11) is 0. The molecule has 170 valence electrons. The highest BCUT2D eigenvalue weighted by Crippen LogP contribution is 2.31. The normalized spacial score (nSPS) is 14.5. The number of carbonyl (C=O) groups is 2. The molecule has 10 heteroatoms. The van der Waals surface area contributed by atoms with Crippen LogP contribution in [0, 0.1) is 0 Å². The average molecular weight is 495 g/mol. The molecule has 4 rings (SSSR count). The minimum Gasteiger partial charge on any atom is -0.490 e. The van der Waals surface area contributed by atoms with Crippen LogP contribution in [0.15, 0.2) is 66.2 Å². The standard InChI is InChI=1S/C22H22N4O3S.2ClH/c27-21-19(9-3-6-17-7-4-10-23-16-17)30-22(28)26(21)13-1-2-15-29-18-8-5-12-25-14-11-24-20(18)25;;/h4-5,7-12,14,16H,1-3,6,13,15H2;2*1H. The number of allylic oxidation sites excluding steroid dienone is 1. The Hall–Kier alpha value is -2.55. The van der Waals surface area contributed by atoms with Gasteiger partial charge in [-0.1, -0.05) is 12.1 Å². The molecule has 0 aromatic carbocycles. The summed E-state index contributed by atoms with van der Waals surface area (Å²) in [6.07, 6.45) is 13.8. The zero-order valence-corrected chi connectivity index (χ0v) is 19.7. The minimum absolute atomic E-state index is 0. The van der Waals surface area contributed by atoms with Crippen LogP contribution in [0.3, 0.4) is 0 Å². The zero-order chi connectivity index (χ0) is 20.8. The lowest BCUT2D eigenvalue weighted by Crippen LogP contribution is -2.29.